The third-order valence-corrected chi connectivity index (χ3v) is 5.25. The normalized spacial score (nSPS) is 10.6. The molecule has 2 N–H and O–H groups in total. The molecule has 1 aromatic heterocycles. The minimum atomic E-state index is -0.528. The highest BCUT2D eigenvalue weighted by molar-refractivity contribution is 6.15. The summed E-state index contributed by atoms with van der Waals surface area (Å²) in [7, 11) is 4.62. The van der Waals surface area contributed by atoms with Crippen LogP contribution < -0.4 is 24.8 Å². The van der Waals surface area contributed by atoms with Crippen LogP contribution in [0.3, 0.4) is 0 Å². The molecule has 34 heavy (non-hydrogen) atoms. The maximum Gasteiger partial charge on any atom is 0.293 e. The lowest BCUT2D eigenvalue weighted by atomic mass is 10.1. The Hall–Kier alpha value is -4.46. The molecule has 4 aromatic rings. The molecule has 0 unspecified atom stereocenters. The summed E-state index contributed by atoms with van der Waals surface area (Å²) in [4.78, 5) is 26.0. The third-order valence-electron chi connectivity index (χ3n) is 5.25. The predicted molar refractivity (Wildman–Crippen MR) is 129 cm³/mol. The van der Waals surface area contributed by atoms with Gasteiger partial charge in [0, 0.05) is 11.5 Å². The number of ether oxygens (including phenoxy) is 3. The van der Waals surface area contributed by atoms with Gasteiger partial charge in [-0.15, -0.1) is 0 Å². The van der Waals surface area contributed by atoms with E-state index >= 15 is 0 Å². The molecule has 0 saturated carbocycles. The smallest absolute Gasteiger partial charge is 0.293 e. The average Bonchev–Trinajstić information content (AvgIpc) is 3.23. The van der Waals surface area contributed by atoms with Crippen molar-refractivity contribution in [1.82, 2.24) is 0 Å². The van der Waals surface area contributed by atoms with Crippen molar-refractivity contribution in [3.63, 3.8) is 0 Å². The van der Waals surface area contributed by atoms with Crippen LogP contribution >= 0.6 is 0 Å². The predicted octanol–water partition coefficient (Wildman–Crippen LogP) is 4.89. The van der Waals surface area contributed by atoms with Crippen LogP contribution in [0.25, 0.3) is 11.0 Å². The number of hydrogen-bond acceptors (Lipinski definition) is 6. The van der Waals surface area contributed by atoms with Crippen LogP contribution in [0.15, 0.2) is 71.1 Å². The van der Waals surface area contributed by atoms with Gasteiger partial charge < -0.3 is 29.3 Å². The molecule has 2 amide bonds. The van der Waals surface area contributed by atoms with E-state index in [0.29, 0.717) is 39.6 Å². The maximum absolute atomic E-state index is 13.2. The van der Waals surface area contributed by atoms with Gasteiger partial charge >= 0.3 is 0 Å². The molecule has 0 aliphatic rings. The Morgan fingerprint density at radius 1 is 0.824 bits per heavy atom. The summed E-state index contributed by atoms with van der Waals surface area (Å²) in [5, 5.41) is 6.26. The number of carbonyl (C=O) groups excluding carboxylic acids is 2. The van der Waals surface area contributed by atoms with E-state index in [2.05, 4.69) is 10.6 Å². The third kappa shape index (κ3) is 4.80. The molecule has 0 bridgehead atoms. The van der Waals surface area contributed by atoms with Gasteiger partial charge in [-0.3, -0.25) is 9.59 Å². The SMILES string of the molecule is COc1ccc(CC(=O)Nc2c(C(=O)Nc3ccc(OC)cc3OC)oc3ccccc23)cc1. The maximum atomic E-state index is 13.2. The fourth-order valence-corrected chi connectivity index (χ4v) is 3.52. The number of hydrogen-bond donors (Lipinski definition) is 2. The Morgan fingerprint density at radius 3 is 2.24 bits per heavy atom. The van der Waals surface area contributed by atoms with E-state index in [1.165, 1.54) is 7.11 Å². The number of carbonyl (C=O) groups is 2. The van der Waals surface area contributed by atoms with Crippen LogP contribution in [0.5, 0.6) is 17.2 Å². The number of benzene rings is 3. The second-order valence-corrected chi connectivity index (χ2v) is 7.40. The molecule has 1 heterocycles. The van der Waals surface area contributed by atoms with Gasteiger partial charge in [-0.1, -0.05) is 24.3 Å². The summed E-state index contributed by atoms with van der Waals surface area (Å²) in [6.07, 6.45) is 0.122. The highest BCUT2D eigenvalue weighted by Gasteiger charge is 2.23. The molecule has 0 atom stereocenters. The lowest BCUT2D eigenvalue weighted by Gasteiger charge is -2.12. The van der Waals surface area contributed by atoms with Crippen LogP contribution in [0.2, 0.25) is 0 Å². The van der Waals surface area contributed by atoms with Crippen molar-refractivity contribution < 1.29 is 28.2 Å². The Balaban J connectivity index is 1.60. The number of methoxy groups -OCH3 is 3. The lowest BCUT2D eigenvalue weighted by Crippen LogP contribution is -2.18. The van der Waals surface area contributed by atoms with Crippen LogP contribution in [0.1, 0.15) is 16.1 Å². The van der Waals surface area contributed by atoms with Gasteiger partial charge in [0.2, 0.25) is 11.7 Å². The van der Waals surface area contributed by atoms with E-state index in [9.17, 15) is 9.59 Å². The summed E-state index contributed by atoms with van der Waals surface area (Å²) in [5.74, 6) is 0.895. The summed E-state index contributed by atoms with van der Waals surface area (Å²) in [6, 6.07) is 19.4. The van der Waals surface area contributed by atoms with E-state index in [1.54, 1.807) is 62.8 Å². The number of para-hydroxylation sites is 1. The number of rotatable bonds is 8. The molecule has 0 radical (unpaired) electrons. The van der Waals surface area contributed by atoms with Crippen molar-refractivity contribution in [2.24, 2.45) is 0 Å². The molecule has 0 spiro atoms. The first-order chi connectivity index (χ1) is 16.5. The van der Waals surface area contributed by atoms with Crippen molar-refractivity contribution in [3.8, 4) is 17.2 Å². The zero-order chi connectivity index (χ0) is 24.1. The molecule has 4 rings (SSSR count). The molecule has 0 aliphatic heterocycles. The molecule has 3 aromatic carbocycles. The lowest BCUT2D eigenvalue weighted by molar-refractivity contribution is -0.115. The van der Waals surface area contributed by atoms with Crippen molar-refractivity contribution in [2.75, 3.05) is 32.0 Å². The van der Waals surface area contributed by atoms with E-state index in [4.69, 9.17) is 18.6 Å². The molecule has 0 aliphatic carbocycles. The number of anilines is 2. The van der Waals surface area contributed by atoms with Gasteiger partial charge in [-0.05, 0) is 42.0 Å². The Morgan fingerprint density at radius 2 is 1.53 bits per heavy atom. The first-order valence-electron chi connectivity index (χ1n) is 10.5. The quantitative estimate of drug-likeness (QED) is 0.388. The Labute approximate surface area is 196 Å². The van der Waals surface area contributed by atoms with E-state index < -0.39 is 5.91 Å². The summed E-state index contributed by atoms with van der Waals surface area (Å²) < 4.78 is 21.5. The first kappa shape index (κ1) is 22.7. The molecule has 8 heteroatoms. The number of fused-ring (bicyclic) bond motifs is 1. The Kier molecular flexibility index (Phi) is 6.68. The second kappa shape index (κ2) is 9.99. The number of furan rings is 1. The van der Waals surface area contributed by atoms with E-state index in [0.717, 1.165) is 5.56 Å². The molecule has 8 nitrogen and oxygen atoms in total. The van der Waals surface area contributed by atoms with Crippen molar-refractivity contribution in [2.45, 2.75) is 6.42 Å². The molecular weight excluding hydrogens is 436 g/mol. The van der Waals surface area contributed by atoms with E-state index in [-0.39, 0.29) is 18.1 Å². The first-order valence-corrected chi connectivity index (χ1v) is 10.5. The fourth-order valence-electron chi connectivity index (χ4n) is 3.52. The molecule has 174 valence electrons. The molecule has 0 saturated heterocycles. The minimum Gasteiger partial charge on any atom is -0.497 e. The zero-order valence-electron chi connectivity index (χ0n) is 19.0. The van der Waals surface area contributed by atoms with Gasteiger partial charge in [-0.25, -0.2) is 0 Å². The van der Waals surface area contributed by atoms with Crippen LogP contribution in [-0.2, 0) is 11.2 Å². The van der Waals surface area contributed by atoms with Crippen LogP contribution in [0, 0.1) is 0 Å². The topological polar surface area (TPSA) is 99.0 Å². The van der Waals surface area contributed by atoms with E-state index in [1.807, 2.05) is 18.2 Å². The van der Waals surface area contributed by atoms with Crippen LogP contribution in [0.4, 0.5) is 11.4 Å². The number of nitrogens with one attached hydrogen (secondary N) is 2. The van der Waals surface area contributed by atoms with Crippen molar-refractivity contribution in [3.05, 3.63) is 78.1 Å². The number of amides is 2. The highest BCUT2D eigenvalue weighted by atomic mass is 16.5. The van der Waals surface area contributed by atoms with Crippen LogP contribution in [-0.4, -0.2) is 33.1 Å². The summed E-state index contributed by atoms with van der Waals surface area (Å²) in [5.41, 5.74) is 2.03. The zero-order valence-corrected chi connectivity index (χ0v) is 19.0. The van der Waals surface area contributed by atoms with Gasteiger partial charge in [0.05, 0.1) is 33.4 Å². The van der Waals surface area contributed by atoms with Crippen molar-refractivity contribution in [1.29, 1.82) is 0 Å². The van der Waals surface area contributed by atoms with Crippen molar-refractivity contribution >= 4 is 34.2 Å². The second-order valence-electron chi connectivity index (χ2n) is 7.40. The van der Waals surface area contributed by atoms with Gasteiger partial charge in [0.25, 0.3) is 5.91 Å². The highest BCUT2D eigenvalue weighted by Crippen LogP contribution is 2.34. The fraction of sp³-hybridized carbons (Fsp3) is 0.154. The summed E-state index contributed by atoms with van der Waals surface area (Å²) >= 11 is 0. The van der Waals surface area contributed by atoms with Gasteiger partial charge in [-0.2, -0.15) is 0 Å². The molecular formula is C26H24N2O6. The minimum absolute atomic E-state index is 0.0119. The standard InChI is InChI=1S/C26H24N2O6/c1-31-17-10-8-16(9-11-17)14-23(29)28-24-19-6-4-5-7-21(19)34-25(24)26(30)27-20-13-12-18(32-2)15-22(20)33-3/h4-13,15H,14H2,1-3H3,(H,27,30)(H,28,29). The molecule has 0 fully saturated rings. The monoisotopic (exact) mass is 460 g/mol. The Bertz CT molecular complexity index is 1330. The average molecular weight is 460 g/mol. The van der Waals surface area contributed by atoms with Gasteiger partial charge in [0.15, 0.2) is 0 Å². The summed E-state index contributed by atoms with van der Waals surface area (Å²) in [6.45, 7) is 0. The van der Waals surface area contributed by atoms with Gasteiger partial charge in [0.1, 0.15) is 28.5 Å². The largest absolute Gasteiger partial charge is 0.497 e.